The van der Waals surface area contributed by atoms with E-state index in [1.807, 2.05) is 0 Å². The molecule has 4 rings (SSSR count). The molecule has 0 saturated heterocycles. The van der Waals surface area contributed by atoms with Crippen molar-refractivity contribution >= 4 is 0 Å². The maximum absolute atomic E-state index is 10.5. The largest absolute Gasteiger partial charge is 0.393 e. The topological polar surface area (TPSA) is 40.5 Å². The smallest absolute Gasteiger partial charge is 0.0596 e. The number of fused-ring (bicyclic) bond motifs is 5. The number of rotatable bonds is 0. The average molecular weight is 292 g/mol. The Morgan fingerprint density at radius 1 is 0.762 bits per heavy atom. The van der Waals surface area contributed by atoms with Gasteiger partial charge >= 0.3 is 0 Å². The van der Waals surface area contributed by atoms with Crippen molar-refractivity contribution in [2.45, 2.75) is 83.8 Å². The molecule has 4 saturated carbocycles. The van der Waals surface area contributed by atoms with Gasteiger partial charge in [-0.1, -0.05) is 13.8 Å². The number of aliphatic hydroxyl groups is 2. The summed E-state index contributed by atoms with van der Waals surface area (Å²) in [4.78, 5) is 0. The van der Waals surface area contributed by atoms with Crippen LogP contribution in [0.1, 0.15) is 71.6 Å². The summed E-state index contributed by atoms with van der Waals surface area (Å²) in [5.41, 5.74) is 0.676. The molecule has 0 aromatic rings. The fourth-order valence-corrected chi connectivity index (χ4v) is 7.21. The highest BCUT2D eigenvalue weighted by Gasteiger charge is 2.59. The first-order valence-corrected chi connectivity index (χ1v) is 9.31. The van der Waals surface area contributed by atoms with Gasteiger partial charge in [0.1, 0.15) is 0 Å². The van der Waals surface area contributed by atoms with Crippen LogP contribution in [0.4, 0.5) is 0 Å². The van der Waals surface area contributed by atoms with Crippen LogP contribution in [0.15, 0.2) is 0 Å². The molecule has 4 aliphatic carbocycles. The fraction of sp³-hybridized carbons (Fsp3) is 1.00. The van der Waals surface area contributed by atoms with Gasteiger partial charge < -0.3 is 10.2 Å². The van der Waals surface area contributed by atoms with Crippen molar-refractivity contribution in [1.82, 2.24) is 0 Å². The summed E-state index contributed by atoms with van der Waals surface area (Å²) in [5, 5.41) is 20.5. The van der Waals surface area contributed by atoms with Crippen molar-refractivity contribution in [2.24, 2.45) is 34.5 Å². The van der Waals surface area contributed by atoms with E-state index in [0.29, 0.717) is 5.41 Å². The van der Waals surface area contributed by atoms with Crippen LogP contribution in [-0.2, 0) is 0 Å². The van der Waals surface area contributed by atoms with Gasteiger partial charge in [0, 0.05) is 0 Å². The van der Waals surface area contributed by atoms with Crippen molar-refractivity contribution in [2.75, 3.05) is 0 Å². The minimum Gasteiger partial charge on any atom is -0.393 e. The van der Waals surface area contributed by atoms with E-state index in [0.717, 1.165) is 42.9 Å². The molecular formula is C19H32O2. The minimum atomic E-state index is -0.0536. The Kier molecular flexibility index (Phi) is 3.25. The lowest BCUT2D eigenvalue weighted by Gasteiger charge is -2.60. The van der Waals surface area contributed by atoms with Crippen molar-refractivity contribution in [3.63, 3.8) is 0 Å². The van der Waals surface area contributed by atoms with Gasteiger partial charge in [0.2, 0.25) is 0 Å². The minimum absolute atomic E-state index is 0.0400. The summed E-state index contributed by atoms with van der Waals surface area (Å²) in [6, 6.07) is 0. The van der Waals surface area contributed by atoms with Gasteiger partial charge in [0.25, 0.3) is 0 Å². The van der Waals surface area contributed by atoms with E-state index in [-0.39, 0.29) is 17.6 Å². The first kappa shape index (κ1) is 14.5. The van der Waals surface area contributed by atoms with E-state index in [2.05, 4.69) is 13.8 Å². The number of hydrogen-bond donors (Lipinski definition) is 2. The molecule has 4 fully saturated rings. The maximum Gasteiger partial charge on any atom is 0.0596 e. The Labute approximate surface area is 129 Å². The highest BCUT2D eigenvalue weighted by atomic mass is 16.3. The monoisotopic (exact) mass is 292 g/mol. The molecule has 0 aliphatic heterocycles. The highest BCUT2D eigenvalue weighted by Crippen LogP contribution is 2.66. The molecular weight excluding hydrogens is 260 g/mol. The molecule has 4 aliphatic rings. The number of aliphatic hydroxyl groups excluding tert-OH is 2. The third-order valence-corrected chi connectivity index (χ3v) is 8.59. The quantitative estimate of drug-likeness (QED) is 0.714. The first-order valence-electron chi connectivity index (χ1n) is 9.31. The standard InChI is InChI=1S/C19H32O2/c1-18-9-7-13(20)11-12(18)3-4-14-15-5-6-17(21)19(15,2)10-8-16(14)18/h12-17,20-21H,3-11H2,1-2H3/t12?,13?,14?,15?,16?,17?,18-,19-/m0/s1. The van der Waals surface area contributed by atoms with E-state index in [1.165, 1.54) is 38.5 Å². The van der Waals surface area contributed by atoms with Crippen molar-refractivity contribution < 1.29 is 10.2 Å². The zero-order valence-electron chi connectivity index (χ0n) is 13.7. The molecule has 2 N–H and O–H groups in total. The van der Waals surface area contributed by atoms with Gasteiger partial charge in [-0.05, 0) is 92.3 Å². The summed E-state index contributed by atoms with van der Waals surface area (Å²) in [5.74, 6) is 3.21. The van der Waals surface area contributed by atoms with Crippen LogP contribution in [0, 0.1) is 34.5 Å². The van der Waals surface area contributed by atoms with Gasteiger partial charge in [-0.2, -0.15) is 0 Å². The average Bonchev–Trinajstić information content (AvgIpc) is 2.76. The van der Waals surface area contributed by atoms with Gasteiger partial charge in [-0.15, -0.1) is 0 Å². The van der Waals surface area contributed by atoms with Crippen molar-refractivity contribution in [1.29, 1.82) is 0 Å². The molecule has 0 spiro atoms. The summed E-state index contributed by atoms with van der Waals surface area (Å²) >= 11 is 0. The zero-order chi connectivity index (χ0) is 14.8. The molecule has 0 aromatic carbocycles. The zero-order valence-corrected chi connectivity index (χ0v) is 13.7. The van der Waals surface area contributed by atoms with E-state index in [4.69, 9.17) is 0 Å². The van der Waals surface area contributed by atoms with E-state index in [1.54, 1.807) is 0 Å². The third-order valence-electron chi connectivity index (χ3n) is 8.59. The molecule has 0 bridgehead atoms. The third kappa shape index (κ3) is 1.91. The second kappa shape index (κ2) is 4.71. The lowest BCUT2D eigenvalue weighted by Crippen LogP contribution is -2.54. The Balaban J connectivity index is 1.62. The predicted octanol–water partition coefficient (Wildman–Crippen LogP) is 3.75. The van der Waals surface area contributed by atoms with E-state index < -0.39 is 0 Å². The maximum atomic E-state index is 10.5. The normalized spacial score (nSPS) is 60.0. The van der Waals surface area contributed by atoms with Gasteiger partial charge in [-0.25, -0.2) is 0 Å². The van der Waals surface area contributed by atoms with Crippen LogP contribution in [0.5, 0.6) is 0 Å². The van der Waals surface area contributed by atoms with E-state index in [9.17, 15) is 10.2 Å². The molecule has 2 heteroatoms. The molecule has 0 aromatic heterocycles. The highest BCUT2D eigenvalue weighted by molar-refractivity contribution is 5.09. The lowest BCUT2D eigenvalue weighted by molar-refractivity contribution is -0.133. The predicted molar refractivity (Wildman–Crippen MR) is 83.7 cm³/mol. The molecule has 0 amide bonds. The van der Waals surface area contributed by atoms with Crippen LogP contribution >= 0.6 is 0 Å². The summed E-state index contributed by atoms with van der Waals surface area (Å²) in [7, 11) is 0. The van der Waals surface area contributed by atoms with Crippen LogP contribution in [0.25, 0.3) is 0 Å². The second-order valence-corrected chi connectivity index (χ2v) is 9.22. The van der Waals surface area contributed by atoms with Gasteiger partial charge in [0.15, 0.2) is 0 Å². The molecule has 0 radical (unpaired) electrons. The lowest BCUT2D eigenvalue weighted by atomic mass is 9.45. The Morgan fingerprint density at radius 2 is 1.48 bits per heavy atom. The SMILES string of the molecule is C[C@]12CCC(O)CC1CCC1C2CC[C@]2(C)C(O)CCC12. The summed E-state index contributed by atoms with van der Waals surface area (Å²) in [6.45, 7) is 4.90. The molecule has 6 unspecified atom stereocenters. The van der Waals surface area contributed by atoms with Crippen LogP contribution in [-0.4, -0.2) is 22.4 Å². The molecule has 0 heterocycles. The first-order chi connectivity index (χ1) is 9.95. The van der Waals surface area contributed by atoms with Crippen LogP contribution < -0.4 is 0 Å². The second-order valence-electron chi connectivity index (χ2n) is 9.22. The van der Waals surface area contributed by atoms with Crippen LogP contribution in [0.3, 0.4) is 0 Å². The Hall–Kier alpha value is -0.0800. The Bertz CT molecular complexity index is 422. The van der Waals surface area contributed by atoms with Crippen molar-refractivity contribution in [3.05, 3.63) is 0 Å². The molecule has 21 heavy (non-hydrogen) atoms. The molecule has 120 valence electrons. The van der Waals surface area contributed by atoms with Gasteiger partial charge in [0.05, 0.1) is 12.2 Å². The molecule has 8 atom stereocenters. The summed E-state index contributed by atoms with van der Waals surface area (Å²) in [6.07, 6.45) is 10.7. The van der Waals surface area contributed by atoms with Crippen LogP contribution in [0.2, 0.25) is 0 Å². The van der Waals surface area contributed by atoms with Gasteiger partial charge in [-0.3, -0.25) is 0 Å². The Morgan fingerprint density at radius 3 is 2.29 bits per heavy atom. The number of hydrogen-bond acceptors (Lipinski definition) is 2. The molecule has 2 nitrogen and oxygen atoms in total. The van der Waals surface area contributed by atoms with Crippen molar-refractivity contribution in [3.8, 4) is 0 Å². The fourth-order valence-electron chi connectivity index (χ4n) is 7.21. The summed E-state index contributed by atoms with van der Waals surface area (Å²) < 4.78 is 0. The van der Waals surface area contributed by atoms with E-state index >= 15 is 0 Å².